The molecule has 0 bridgehead atoms. The SMILES string of the molecule is Cc1c2occcc-2c(C2CCNCC2)c1C.Cl. The maximum Gasteiger partial charge on any atom is 0.137 e. The molecule has 1 N–H and O–H groups in total. The second-order valence-corrected chi connectivity index (χ2v) is 5.04. The second-order valence-electron chi connectivity index (χ2n) is 5.04. The Balaban J connectivity index is 0.00000120. The first-order valence-corrected chi connectivity index (χ1v) is 6.46. The third-order valence-corrected chi connectivity index (χ3v) is 4.12. The van der Waals surface area contributed by atoms with Crippen LogP contribution in [0, 0.1) is 13.8 Å². The normalized spacial score (nSPS) is 16.8. The molecule has 3 heteroatoms. The molecule has 0 unspecified atom stereocenters. The Kier molecular flexibility index (Phi) is 3.98. The second kappa shape index (κ2) is 5.33. The van der Waals surface area contributed by atoms with Gasteiger partial charge in [-0.1, -0.05) is 0 Å². The number of piperidine rings is 1. The molecule has 98 valence electrons. The van der Waals surface area contributed by atoms with Crippen LogP contribution in [0.25, 0.3) is 11.3 Å². The Bertz CT molecular complexity index is 500. The molecule has 1 fully saturated rings. The van der Waals surface area contributed by atoms with Gasteiger partial charge in [0.25, 0.3) is 0 Å². The lowest BCUT2D eigenvalue weighted by Crippen LogP contribution is -2.26. The minimum Gasteiger partial charge on any atom is -0.464 e. The van der Waals surface area contributed by atoms with Gasteiger partial charge in [0.2, 0.25) is 0 Å². The molecule has 3 rings (SSSR count). The molecule has 1 aliphatic carbocycles. The van der Waals surface area contributed by atoms with Crippen molar-refractivity contribution in [2.45, 2.75) is 32.6 Å². The van der Waals surface area contributed by atoms with E-state index in [2.05, 4.69) is 25.2 Å². The molecule has 0 amide bonds. The topological polar surface area (TPSA) is 25.2 Å². The lowest BCUT2D eigenvalue weighted by Gasteiger charge is -2.24. The molecule has 18 heavy (non-hydrogen) atoms. The van der Waals surface area contributed by atoms with Crippen molar-refractivity contribution in [2.75, 3.05) is 13.1 Å². The van der Waals surface area contributed by atoms with Crippen LogP contribution in [0.1, 0.15) is 35.4 Å². The van der Waals surface area contributed by atoms with Crippen LogP contribution in [0.3, 0.4) is 0 Å². The molecule has 0 aromatic rings. The number of nitrogens with one attached hydrogen (secondary N) is 1. The minimum atomic E-state index is 0. The van der Waals surface area contributed by atoms with E-state index in [1.807, 2.05) is 6.07 Å². The molecule has 0 saturated carbocycles. The summed E-state index contributed by atoms with van der Waals surface area (Å²) >= 11 is 0. The summed E-state index contributed by atoms with van der Waals surface area (Å²) in [6, 6.07) is 4.21. The van der Waals surface area contributed by atoms with Gasteiger partial charge in [0.05, 0.1) is 6.26 Å². The Morgan fingerprint density at radius 3 is 2.61 bits per heavy atom. The van der Waals surface area contributed by atoms with Gasteiger partial charge in [0.1, 0.15) is 5.76 Å². The van der Waals surface area contributed by atoms with E-state index in [1.165, 1.54) is 35.1 Å². The molecule has 2 nitrogen and oxygen atoms in total. The molecule has 1 saturated heterocycles. The predicted octanol–water partition coefficient (Wildman–Crippen LogP) is 3.89. The first-order valence-electron chi connectivity index (χ1n) is 6.46. The Labute approximate surface area is 115 Å². The third-order valence-electron chi connectivity index (χ3n) is 4.12. The highest BCUT2D eigenvalue weighted by atomic mass is 35.5. The van der Waals surface area contributed by atoms with E-state index >= 15 is 0 Å². The zero-order valence-corrected chi connectivity index (χ0v) is 11.8. The number of halogens is 1. The fourth-order valence-corrected chi connectivity index (χ4v) is 3.10. The van der Waals surface area contributed by atoms with Crippen LogP contribution in [-0.4, -0.2) is 13.1 Å². The number of hydrogen-bond donors (Lipinski definition) is 1. The van der Waals surface area contributed by atoms with Crippen molar-refractivity contribution in [2.24, 2.45) is 0 Å². The van der Waals surface area contributed by atoms with E-state index in [9.17, 15) is 0 Å². The van der Waals surface area contributed by atoms with Crippen LogP contribution in [0.2, 0.25) is 0 Å². The zero-order chi connectivity index (χ0) is 11.8. The highest BCUT2D eigenvalue weighted by molar-refractivity contribution is 5.85. The van der Waals surface area contributed by atoms with Crippen molar-refractivity contribution in [3.8, 4) is 11.3 Å². The van der Waals surface area contributed by atoms with Gasteiger partial charge in [-0.25, -0.2) is 0 Å². The summed E-state index contributed by atoms with van der Waals surface area (Å²) in [4.78, 5) is 0. The summed E-state index contributed by atoms with van der Waals surface area (Å²) in [6.07, 6.45) is 4.27. The monoisotopic (exact) mass is 265 g/mol. The summed E-state index contributed by atoms with van der Waals surface area (Å²) in [5, 5.41) is 3.44. The van der Waals surface area contributed by atoms with E-state index < -0.39 is 0 Å². The van der Waals surface area contributed by atoms with Crippen LogP contribution >= 0.6 is 12.4 Å². The number of hydrogen-bond acceptors (Lipinski definition) is 2. The molecule has 0 aromatic heterocycles. The van der Waals surface area contributed by atoms with Gasteiger partial charge in [0.15, 0.2) is 0 Å². The van der Waals surface area contributed by atoms with E-state index in [1.54, 1.807) is 6.26 Å². The molecule has 0 atom stereocenters. The fraction of sp³-hybridized carbons (Fsp3) is 0.467. The van der Waals surface area contributed by atoms with Gasteiger partial charge < -0.3 is 9.73 Å². The Morgan fingerprint density at radius 2 is 1.89 bits per heavy atom. The highest BCUT2D eigenvalue weighted by Crippen LogP contribution is 2.42. The largest absolute Gasteiger partial charge is 0.464 e. The lowest BCUT2D eigenvalue weighted by molar-refractivity contribution is 0.460. The molecule has 0 spiro atoms. The average Bonchev–Trinajstić information content (AvgIpc) is 2.64. The van der Waals surface area contributed by atoms with Crippen molar-refractivity contribution < 1.29 is 4.42 Å². The summed E-state index contributed by atoms with van der Waals surface area (Å²) in [7, 11) is 0. The minimum absolute atomic E-state index is 0. The van der Waals surface area contributed by atoms with Crippen LogP contribution in [0.5, 0.6) is 0 Å². The van der Waals surface area contributed by atoms with Crippen molar-refractivity contribution in [1.82, 2.24) is 5.32 Å². The molecule has 0 radical (unpaired) electrons. The van der Waals surface area contributed by atoms with E-state index in [0.717, 1.165) is 18.8 Å². The van der Waals surface area contributed by atoms with Gasteiger partial charge in [-0.05, 0) is 74.5 Å². The van der Waals surface area contributed by atoms with Crippen LogP contribution in [-0.2, 0) is 0 Å². The maximum atomic E-state index is 5.68. The first kappa shape index (κ1) is 13.4. The first-order chi connectivity index (χ1) is 8.29. The molecule has 2 aliphatic heterocycles. The highest BCUT2D eigenvalue weighted by Gasteiger charge is 2.26. The number of fused-ring (bicyclic) bond motifs is 1. The van der Waals surface area contributed by atoms with E-state index in [4.69, 9.17) is 4.42 Å². The predicted molar refractivity (Wildman–Crippen MR) is 76.9 cm³/mol. The van der Waals surface area contributed by atoms with E-state index in [0.29, 0.717) is 5.92 Å². The zero-order valence-electron chi connectivity index (χ0n) is 11.0. The van der Waals surface area contributed by atoms with Gasteiger partial charge in [-0.15, -0.1) is 12.4 Å². The molecular weight excluding hydrogens is 246 g/mol. The summed E-state index contributed by atoms with van der Waals surface area (Å²) in [6.45, 7) is 6.69. The van der Waals surface area contributed by atoms with E-state index in [-0.39, 0.29) is 12.4 Å². The van der Waals surface area contributed by atoms with Gasteiger partial charge in [0, 0.05) is 5.56 Å². The average molecular weight is 266 g/mol. The smallest absolute Gasteiger partial charge is 0.137 e. The summed E-state index contributed by atoms with van der Waals surface area (Å²) in [5.41, 5.74) is 5.61. The number of rotatable bonds is 1. The fourth-order valence-electron chi connectivity index (χ4n) is 3.10. The van der Waals surface area contributed by atoms with Crippen molar-refractivity contribution in [3.05, 3.63) is 35.1 Å². The van der Waals surface area contributed by atoms with Gasteiger partial charge >= 0.3 is 0 Å². The lowest BCUT2D eigenvalue weighted by atomic mass is 9.87. The van der Waals surface area contributed by atoms with Gasteiger partial charge in [-0.2, -0.15) is 0 Å². The Hall–Kier alpha value is -0.990. The molecule has 0 aromatic carbocycles. The quantitative estimate of drug-likeness (QED) is 0.846. The maximum absolute atomic E-state index is 5.68. The van der Waals surface area contributed by atoms with Gasteiger partial charge in [-0.3, -0.25) is 0 Å². The summed E-state index contributed by atoms with van der Waals surface area (Å²) in [5.74, 6) is 1.78. The summed E-state index contributed by atoms with van der Waals surface area (Å²) < 4.78 is 5.68. The van der Waals surface area contributed by atoms with Crippen molar-refractivity contribution in [1.29, 1.82) is 0 Å². The van der Waals surface area contributed by atoms with Crippen molar-refractivity contribution in [3.63, 3.8) is 0 Å². The molecule has 3 aliphatic rings. The van der Waals surface area contributed by atoms with Crippen molar-refractivity contribution >= 4 is 12.4 Å². The Morgan fingerprint density at radius 1 is 1.17 bits per heavy atom. The van der Waals surface area contributed by atoms with Crippen LogP contribution < -0.4 is 5.32 Å². The van der Waals surface area contributed by atoms with Crippen LogP contribution in [0.4, 0.5) is 0 Å². The molecule has 2 heterocycles. The van der Waals surface area contributed by atoms with Crippen LogP contribution in [0.15, 0.2) is 22.8 Å². The third kappa shape index (κ3) is 2.04. The molecular formula is C15H20ClNO. The standard InChI is InChI=1S/C15H19NO.ClH/c1-10-11(2)15-13(4-3-9-17-15)14(10)12-5-7-16-8-6-12;/h3-4,9,12,16H,5-8H2,1-2H3;1H.